The summed E-state index contributed by atoms with van der Waals surface area (Å²) >= 11 is 0. The van der Waals surface area contributed by atoms with Gasteiger partial charge < -0.3 is 5.11 Å². The Balaban J connectivity index is 2.46. The number of rotatable bonds is 2. The van der Waals surface area contributed by atoms with Crippen LogP contribution in [-0.2, 0) is 0 Å². The summed E-state index contributed by atoms with van der Waals surface area (Å²) in [5.41, 5.74) is 1.33. The van der Waals surface area contributed by atoms with Crippen molar-refractivity contribution < 1.29 is 9.90 Å². The van der Waals surface area contributed by atoms with Crippen molar-refractivity contribution in [3.63, 3.8) is 0 Å². The molecule has 16 heavy (non-hydrogen) atoms. The van der Waals surface area contributed by atoms with Gasteiger partial charge in [0.05, 0.1) is 0 Å². The van der Waals surface area contributed by atoms with Gasteiger partial charge in [-0.1, -0.05) is 30.3 Å². The van der Waals surface area contributed by atoms with E-state index >= 15 is 0 Å². The SMILES string of the molecule is Cc1ccc(O)c(C(=O)c2ccccc2)n1. The molecule has 0 atom stereocenters. The summed E-state index contributed by atoms with van der Waals surface area (Å²) in [5, 5.41) is 9.58. The van der Waals surface area contributed by atoms with Crippen LogP contribution in [-0.4, -0.2) is 15.9 Å². The summed E-state index contributed by atoms with van der Waals surface area (Å²) < 4.78 is 0. The molecule has 1 aromatic heterocycles. The topological polar surface area (TPSA) is 50.2 Å². The summed E-state index contributed by atoms with van der Waals surface area (Å²) in [6.07, 6.45) is 0. The highest BCUT2D eigenvalue weighted by Gasteiger charge is 2.14. The highest BCUT2D eigenvalue weighted by atomic mass is 16.3. The van der Waals surface area contributed by atoms with E-state index in [4.69, 9.17) is 0 Å². The van der Waals surface area contributed by atoms with Crippen LogP contribution in [0.25, 0.3) is 0 Å². The van der Waals surface area contributed by atoms with Crippen LogP contribution in [0.2, 0.25) is 0 Å². The van der Waals surface area contributed by atoms with Crippen LogP contribution in [0.3, 0.4) is 0 Å². The Kier molecular flexibility index (Phi) is 2.68. The van der Waals surface area contributed by atoms with Crippen molar-refractivity contribution in [3.05, 3.63) is 59.4 Å². The molecule has 80 valence electrons. The lowest BCUT2D eigenvalue weighted by Crippen LogP contribution is -2.05. The molecule has 0 unspecified atom stereocenters. The van der Waals surface area contributed by atoms with E-state index < -0.39 is 0 Å². The molecule has 0 radical (unpaired) electrons. The molecule has 2 rings (SSSR count). The van der Waals surface area contributed by atoms with E-state index in [2.05, 4.69) is 4.98 Å². The molecule has 0 amide bonds. The number of ketones is 1. The van der Waals surface area contributed by atoms with Crippen LogP contribution in [0.5, 0.6) is 5.75 Å². The molecular formula is C13H11NO2. The largest absolute Gasteiger partial charge is 0.506 e. The number of pyridine rings is 1. The van der Waals surface area contributed by atoms with Gasteiger partial charge in [-0.05, 0) is 19.1 Å². The maximum atomic E-state index is 12.0. The van der Waals surface area contributed by atoms with Crippen molar-refractivity contribution in [3.8, 4) is 5.75 Å². The van der Waals surface area contributed by atoms with E-state index in [-0.39, 0.29) is 17.2 Å². The molecule has 1 N–H and O–H groups in total. The van der Waals surface area contributed by atoms with Gasteiger partial charge in [0.1, 0.15) is 5.75 Å². The minimum Gasteiger partial charge on any atom is -0.506 e. The second-order valence-electron chi connectivity index (χ2n) is 3.52. The second-order valence-corrected chi connectivity index (χ2v) is 3.52. The average Bonchev–Trinajstić information content (AvgIpc) is 2.32. The van der Waals surface area contributed by atoms with E-state index in [0.717, 1.165) is 0 Å². The summed E-state index contributed by atoms with van der Waals surface area (Å²) in [7, 11) is 0. The van der Waals surface area contributed by atoms with Crippen molar-refractivity contribution in [2.45, 2.75) is 6.92 Å². The minimum atomic E-state index is -0.262. The van der Waals surface area contributed by atoms with E-state index in [1.807, 2.05) is 6.07 Å². The van der Waals surface area contributed by atoms with Gasteiger partial charge in [0.2, 0.25) is 5.78 Å². The fourth-order valence-electron chi connectivity index (χ4n) is 1.44. The highest BCUT2D eigenvalue weighted by Crippen LogP contribution is 2.18. The third kappa shape index (κ3) is 1.93. The average molecular weight is 213 g/mol. The molecule has 3 heteroatoms. The maximum Gasteiger partial charge on any atom is 0.215 e. The normalized spacial score (nSPS) is 10.1. The number of aromatic hydroxyl groups is 1. The van der Waals surface area contributed by atoms with Crippen LogP contribution in [0, 0.1) is 6.92 Å². The first-order chi connectivity index (χ1) is 7.68. The first-order valence-electron chi connectivity index (χ1n) is 4.95. The van der Waals surface area contributed by atoms with Crippen LogP contribution in [0.4, 0.5) is 0 Å². The summed E-state index contributed by atoms with van der Waals surface area (Å²) in [6.45, 7) is 1.78. The van der Waals surface area contributed by atoms with Gasteiger partial charge in [-0.3, -0.25) is 4.79 Å². The molecule has 0 aliphatic heterocycles. The molecule has 2 aromatic rings. The summed E-state index contributed by atoms with van der Waals surface area (Å²) in [6, 6.07) is 11.9. The highest BCUT2D eigenvalue weighted by molar-refractivity contribution is 6.09. The maximum absolute atomic E-state index is 12.0. The van der Waals surface area contributed by atoms with E-state index in [0.29, 0.717) is 11.3 Å². The lowest BCUT2D eigenvalue weighted by Gasteiger charge is -2.03. The molecule has 0 spiro atoms. The Labute approximate surface area is 93.4 Å². The van der Waals surface area contributed by atoms with Crippen LogP contribution < -0.4 is 0 Å². The predicted octanol–water partition coefficient (Wildman–Crippen LogP) is 2.33. The fourth-order valence-corrected chi connectivity index (χ4v) is 1.44. The quantitative estimate of drug-likeness (QED) is 0.779. The summed E-state index contributed by atoms with van der Waals surface area (Å²) in [4.78, 5) is 16.0. The monoisotopic (exact) mass is 213 g/mol. The first kappa shape index (κ1) is 10.4. The van der Waals surface area contributed by atoms with E-state index in [9.17, 15) is 9.90 Å². The Morgan fingerprint density at radius 1 is 1.12 bits per heavy atom. The van der Waals surface area contributed by atoms with Crippen molar-refractivity contribution in [2.75, 3.05) is 0 Å². The first-order valence-corrected chi connectivity index (χ1v) is 4.95. The molecule has 1 aromatic carbocycles. The van der Waals surface area contributed by atoms with Gasteiger partial charge >= 0.3 is 0 Å². The number of nitrogens with zero attached hydrogens (tertiary/aromatic N) is 1. The van der Waals surface area contributed by atoms with Crippen LogP contribution >= 0.6 is 0 Å². The second kappa shape index (κ2) is 4.14. The van der Waals surface area contributed by atoms with Gasteiger partial charge in [0.15, 0.2) is 5.69 Å². The van der Waals surface area contributed by atoms with Crippen molar-refractivity contribution >= 4 is 5.78 Å². The third-order valence-electron chi connectivity index (χ3n) is 2.26. The van der Waals surface area contributed by atoms with Crippen molar-refractivity contribution in [1.82, 2.24) is 4.98 Å². The van der Waals surface area contributed by atoms with Crippen molar-refractivity contribution in [1.29, 1.82) is 0 Å². The van der Waals surface area contributed by atoms with Gasteiger partial charge in [-0.25, -0.2) is 4.98 Å². The van der Waals surface area contributed by atoms with E-state index in [1.165, 1.54) is 6.07 Å². The third-order valence-corrected chi connectivity index (χ3v) is 2.26. The van der Waals surface area contributed by atoms with Gasteiger partial charge in [0.25, 0.3) is 0 Å². The molecule has 0 aliphatic carbocycles. The molecule has 0 aliphatic rings. The van der Waals surface area contributed by atoms with Gasteiger partial charge in [-0.15, -0.1) is 0 Å². The lowest BCUT2D eigenvalue weighted by molar-refractivity contribution is 0.103. The van der Waals surface area contributed by atoms with Crippen molar-refractivity contribution in [2.24, 2.45) is 0 Å². The number of hydrogen-bond acceptors (Lipinski definition) is 3. The number of aryl methyl sites for hydroxylation is 1. The minimum absolute atomic E-state index is 0.0838. The predicted molar refractivity (Wildman–Crippen MR) is 60.5 cm³/mol. The molecule has 1 heterocycles. The number of carbonyl (C=O) groups is 1. The molecule has 0 saturated heterocycles. The Morgan fingerprint density at radius 3 is 2.50 bits per heavy atom. The lowest BCUT2D eigenvalue weighted by atomic mass is 10.1. The standard InChI is InChI=1S/C13H11NO2/c1-9-7-8-11(15)12(14-9)13(16)10-5-3-2-4-6-10/h2-8,15H,1H3. The zero-order valence-electron chi connectivity index (χ0n) is 8.84. The number of hydrogen-bond donors (Lipinski definition) is 1. The Morgan fingerprint density at radius 2 is 1.81 bits per heavy atom. The Bertz CT molecular complexity index is 521. The fraction of sp³-hybridized carbons (Fsp3) is 0.0769. The van der Waals surface area contributed by atoms with Gasteiger partial charge in [0, 0.05) is 11.3 Å². The van der Waals surface area contributed by atoms with Crippen LogP contribution in [0.15, 0.2) is 42.5 Å². The Hall–Kier alpha value is -2.16. The van der Waals surface area contributed by atoms with E-state index in [1.54, 1.807) is 37.3 Å². The molecule has 0 saturated carbocycles. The zero-order chi connectivity index (χ0) is 11.5. The molecule has 0 fully saturated rings. The van der Waals surface area contributed by atoms with Gasteiger partial charge in [-0.2, -0.15) is 0 Å². The summed E-state index contributed by atoms with van der Waals surface area (Å²) in [5.74, 6) is -0.346. The number of benzene rings is 1. The van der Waals surface area contributed by atoms with Crippen LogP contribution in [0.1, 0.15) is 21.7 Å². The number of carbonyl (C=O) groups excluding carboxylic acids is 1. The zero-order valence-corrected chi connectivity index (χ0v) is 8.84. The molecular weight excluding hydrogens is 202 g/mol. The smallest absolute Gasteiger partial charge is 0.215 e. The molecule has 0 bridgehead atoms. The molecule has 3 nitrogen and oxygen atoms in total. The number of aromatic nitrogens is 1.